The van der Waals surface area contributed by atoms with Crippen molar-refractivity contribution in [2.45, 2.75) is 57.2 Å². The summed E-state index contributed by atoms with van der Waals surface area (Å²) in [5.74, 6) is 1.54. The van der Waals surface area contributed by atoms with Gasteiger partial charge in [-0.05, 0) is 24.5 Å². The van der Waals surface area contributed by atoms with Gasteiger partial charge < -0.3 is 10.2 Å². The molecule has 0 radical (unpaired) electrons. The molecule has 0 aliphatic carbocycles. The standard InChI is InChI=1S/C15H26N2O2S/c1-3-11(2)14-15(19)17(8-7-13(18)16-14)10-12-6-4-5-9-20-12/h11-12,14H,3-10H2,1-2H3,(H,16,18). The van der Waals surface area contributed by atoms with Crippen LogP contribution in [0.25, 0.3) is 0 Å². The highest BCUT2D eigenvalue weighted by Gasteiger charge is 2.34. The summed E-state index contributed by atoms with van der Waals surface area (Å²) < 4.78 is 0. The second-order valence-corrected chi connectivity index (χ2v) is 7.36. The number of amides is 2. The normalized spacial score (nSPS) is 29.8. The first kappa shape index (κ1) is 15.7. The Morgan fingerprint density at radius 2 is 2.20 bits per heavy atom. The Morgan fingerprint density at radius 3 is 2.85 bits per heavy atom. The van der Waals surface area contributed by atoms with Crippen LogP contribution >= 0.6 is 11.8 Å². The van der Waals surface area contributed by atoms with Crippen LogP contribution in [0.15, 0.2) is 0 Å². The third-order valence-corrected chi connectivity index (χ3v) is 5.79. The second-order valence-electron chi connectivity index (χ2n) is 5.95. The molecule has 0 saturated carbocycles. The molecule has 0 spiro atoms. The molecule has 114 valence electrons. The first-order chi connectivity index (χ1) is 9.61. The Balaban J connectivity index is 2.02. The minimum atomic E-state index is -0.330. The molecule has 4 nitrogen and oxygen atoms in total. The molecule has 3 atom stereocenters. The van der Waals surface area contributed by atoms with Crippen LogP contribution < -0.4 is 5.32 Å². The molecule has 2 saturated heterocycles. The van der Waals surface area contributed by atoms with E-state index in [2.05, 4.69) is 12.2 Å². The van der Waals surface area contributed by atoms with E-state index in [0.717, 1.165) is 13.0 Å². The Labute approximate surface area is 126 Å². The minimum absolute atomic E-state index is 0.0162. The van der Waals surface area contributed by atoms with Crippen LogP contribution in [0.3, 0.4) is 0 Å². The molecular weight excluding hydrogens is 272 g/mol. The summed E-state index contributed by atoms with van der Waals surface area (Å²) in [4.78, 5) is 26.4. The highest BCUT2D eigenvalue weighted by atomic mass is 32.2. The molecule has 0 aromatic heterocycles. The molecule has 1 N–H and O–H groups in total. The predicted molar refractivity (Wildman–Crippen MR) is 82.7 cm³/mol. The lowest BCUT2D eigenvalue weighted by molar-refractivity contribution is -0.134. The SMILES string of the molecule is CCC(C)C1NC(=O)CCN(CC2CCCCS2)C1=O. The van der Waals surface area contributed by atoms with E-state index in [4.69, 9.17) is 0 Å². The van der Waals surface area contributed by atoms with E-state index in [1.54, 1.807) is 0 Å². The van der Waals surface area contributed by atoms with Crippen molar-refractivity contribution in [1.82, 2.24) is 10.2 Å². The van der Waals surface area contributed by atoms with Crippen molar-refractivity contribution >= 4 is 23.6 Å². The summed E-state index contributed by atoms with van der Waals surface area (Å²) in [6.45, 7) is 5.50. The van der Waals surface area contributed by atoms with E-state index in [9.17, 15) is 9.59 Å². The van der Waals surface area contributed by atoms with Crippen molar-refractivity contribution in [1.29, 1.82) is 0 Å². The molecule has 2 rings (SSSR count). The van der Waals surface area contributed by atoms with Gasteiger partial charge in [-0.2, -0.15) is 11.8 Å². The van der Waals surface area contributed by atoms with Crippen molar-refractivity contribution in [2.75, 3.05) is 18.8 Å². The lowest BCUT2D eigenvalue weighted by Gasteiger charge is -2.31. The van der Waals surface area contributed by atoms with Crippen molar-refractivity contribution in [2.24, 2.45) is 5.92 Å². The van der Waals surface area contributed by atoms with Crippen LogP contribution in [0.5, 0.6) is 0 Å². The molecule has 20 heavy (non-hydrogen) atoms. The maximum absolute atomic E-state index is 12.7. The van der Waals surface area contributed by atoms with Gasteiger partial charge in [-0.1, -0.05) is 26.7 Å². The van der Waals surface area contributed by atoms with Crippen LogP contribution in [0, 0.1) is 5.92 Å². The van der Waals surface area contributed by atoms with Gasteiger partial charge >= 0.3 is 0 Å². The molecular formula is C15H26N2O2S. The number of thioether (sulfide) groups is 1. The Kier molecular flexibility index (Phi) is 5.75. The first-order valence-electron chi connectivity index (χ1n) is 7.81. The topological polar surface area (TPSA) is 49.4 Å². The van der Waals surface area contributed by atoms with Crippen molar-refractivity contribution in [3.63, 3.8) is 0 Å². The summed E-state index contributed by atoms with van der Waals surface area (Å²) >= 11 is 1.98. The van der Waals surface area contributed by atoms with Crippen molar-refractivity contribution in [3.05, 3.63) is 0 Å². The van der Waals surface area contributed by atoms with Gasteiger partial charge in [0.1, 0.15) is 6.04 Å². The Morgan fingerprint density at radius 1 is 1.40 bits per heavy atom. The average molecular weight is 298 g/mol. The molecule has 2 aliphatic heterocycles. The molecule has 5 heteroatoms. The zero-order chi connectivity index (χ0) is 14.5. The number of carbonyl (C=O) groups is 2. The van der Waals surface area contributed by atoms with E-state index < -0.39 is 0 Å². The zero-order valence-electron chi connectivity index (χ0n) is 12.6. The summed E-state index contributed by atoms with van der Waals surface area (Å²) in [6, 6.07) is -0.330. The van der Waals surface area contributed by atoms with Crippen molar-refractivity contribution < 1.29 is 9.59 Å². The second kappa shape index (κ2) is 7.34. The van der Waals surface area contributed by atoms with Crippen LogP contribution in [-0.2, 0) is 9.59 Å². The summed E-state index contributed by atoms with van der Waals surface area (Å²) in [6.07, 6.45) is 5.11. The third kappa shape index (κ3) is 3.90. The van der Waals surface area contributed by atoms with E-state index >= 15 is 0 Å². The molecule has 2 amide bonds. The fraction of sp³-hybridized carbons (Fsp3) is 0.867. The van der Waals surface area contributed by atoms with E-state index in [-0.39, 0.29) is 23.8 Å². The Hall–Kier alpha value is -0.710. The third-order valence-electron chi connectivity index (χ3n) is 4.41. The van der Waals surface area contributed by atoms with E-state index in [1.807, 2.05) is 23.6 Å². The van der Waals surface area contributed by atoms with E-state index in [1.165, 1.54) is 25.0 Å². The van der Waals surface area contributed by atoms with Gasteiger partial charge in [-0.25, -0.2) is 0 Å². The molecule has 2 fully saturated rings. The van der Waals surface area contributed by atoms with Gasteiger partial charge in [0.15, 0.2) is 0 Å². The smallest absolute Gasteiger partial charge is 0.245 e. The van der Waals surface area contributed by atoms with E-state index in [0.29, 0.717) is 18.2 Å². The van der Waals surface area contributed by atoms with Crippen LogP contribution in [0.2, 0.25) is 0 Å². The quantitative estimate of drug-likeness (QED) is 0.864. The maximum Gasteiger partial charge on any atom is 0.245 e. The van der Waals surface area contributed by atoms with Gasteiger partial charge in [0.2, 0.25) is 11.8 Å². The highest BCUT2D eigenvalue weighted by Crippen LogP contribution is 2.26. The highest BCUT2D eigenvalue weighted by molar-refractivity contribution is 7.99. The summed E-state index contributed by atoms with van der Waals surface area (Å²) in [7, 11) is 0. The fourth-order valence-electron chi connectivity index (χ4n) is 2.85. The van der Waals surface area contributed by atoms with Gasteiger partial charge in [-0.15, -0.1) is 0 Å². The zero-order valence-corrected chi connectivity index (χ0v) is 13.4. The number of hydrogen-bond acceptors (Lipinski definition) is 3. The molecule has 2 heterocycles. The van der Waals surface area contributed by atoms with Crippen LogP contribution in [0.4, 0.5) is 0 Å². The summed E-state index contributed by atoms with van der Waals surface area (Å²) in [5.41, 5.74) is 0. The number of rotatable bonds is 4. The van der Waals surface area contributed by atoms with Gasteiger partial charge in [0.05, 0.1) is 0 Å². The van der Waals surface area contributed by atoms with Crippen LogP contribution in [0.1, 0.15) is 46.0 Å². The lowest BCUT2D eigenvalue weighted by Crippen LogP contribution is -2.49. The number of nitrogens with one attached hydrogen (secondary N) is 1. The maximum atomic E-state index is 12.7. The van der Waals surface area contributed by atoms with Gasteiger partial charge in [0, 0.05) is 24.8 Å². The fourth-order valence-corrected chi connectivity index (χ4v) is 4.17. The molecule has 0 aromatic rings. The Bertz CT molecular complexity index is 356. The number of nitrogens with zero attached hydrogens (tertiary/aromatic N) is 1. The van der Waals surface area contributed by atoms with Gasteiger partial charge in [-0.3, -0.25) is 9.59 Å². The van der Waals surface area contributed by atoms with Crippen molar-refractivity contribution in [3.8, 4) is 0 Å². The molecule has 3 unspecified atom stereocenters. The largest absolute Gasteiger partial charge is 0.344 e. The number of carbonyl (C=O) groups excluding carboxylic acids is 2. The first-order valence-corrected chi connectivity index (χ1v) is 8.86. The minimum Gasteiger partial charge on any atom is -0.344 e. The molecule has 0 aromatic carbocycles. The molecule has 2 aliphatic rings. The van der Waals surface area contributed by atoms with Crippen LogP contribution in [-0.4, -0.2) is 46.8 Å². The van der Waals surface area contributed by atoms with Gasteiger partial charge in [0.25, 0.3) is 0 Å². The lowest BCUT2D eigenvalue weighted by atomic mass is 9.98. The molecule has 0 bridgehead atoms. The average Bonchev–Trinajstić information content (AvgIpc) is 2.61. The predicted octanol–water partition coefficient (Wildman–Crippen LogP) is 2.04. The summed E-state index contributed by atoms with van der Waals surface area (Å²) in [5, 5.41) is 3.46. The monoisotopic (exact) mass is 298 g/mol. The number of hydrogen-bond donors (Lipinski definition) is 1.